The average molecular weight is 444 g/mol. The molecule has 27 heavy (non-hydrogen) atoms. The van der Waals surface area contributed by atoms with Crippen molar-refractivity contribution in [2.45, 2.75) is 6.42 Å². The maximum Gasteiger partial charge on any atom is 0.310 e. The number of thiazole rings is 1. The Labute approximate surface area is 166 Å². The molecule has 0 unspecified atom stereocenters. The summed E-state index contributed by atoms with van der Waals surface area (Å²) in [4.78, 5) is 24.6. The van der Waals surface area contributed by atoms with Gasteiger partial charge in [-0.15, -0.1) is 0 Å². The van der Waals surface area contributed by atoms with Gasteiger partial charge in [-0.2, -0.15) is 0 Å². The van der Waals surface area contributed by atoms with Gasteiger partial charge in [-0.05, 0) is 34.6 Å². The van der Waals surface area contributed by atoms with Crippen LogP contribution in [0.25, 0.3) is 11.6 Å². The number of allylic oxidation sites excluding steroid dienone is 1. The number of fused-ring (bicyclic) bond motifs is 1. The number of anilines is 1. The van der Waals surface area contributed by atoms with E-state index in [9.17, 15) is 9.90 Å². The van der Waals surface area contributed by atoms with Gasteiger partial charge in [0.25, 0.3) is 0 Å². The van der Waals surface area contributed by atoms with Crippen LogP contribution in [0.2, 0.25) is 0 Å². The van der Waals surface area contributed by atoms with Crippen molar-refractivity contribution in [2.75, 3.05) is 5.73 Å². The first-order valence-electron chi connectivity index (χ1n) is 7.96. The molecule has 0 atom stereocenters. The zero-order chi connectivity index (χ0) is 19.1. The summed E-state index contributed by atoms with van der Waals surface area (Å²) < 4.78 is 2.05. The molecule has 0 fully saturated rings. The largest absolute Gasteiger partial charge is 0.493 e. The molecule has 4 rings (SSSR count). The number of nitrogens with zero attached hydrogens (tertiary/aromatic N) is 4. The number of aromatic nitrogens is 3. The lowest BCUT2D eigenvalue weighted by Gasteiger charge is -2.05. The average Bonchev–Trinajstić information content (AvgIpc) is 3.13. The molecule has 1 aromatic carbocycles. The second-order valence-corrected chi connectivity index (χ2v) is 7.91. The van der Waals surface area contributed by atoms with E-state index in [0.717, 1.165) is 43.1 Å². The van der Waals surface area contributed by atoms with Crippen LogP contribution in [-0.4, -0.2) is 19.6 Å². The molecule has 1 aliphatic rings. The number of halogens is 1. The molecule has 0 saturated carbocycles. The second-order valence-electron chi connectivity index (χ2n) is 6.06. The van der Waals surface area contributed by atoms with Crippen molar-refractivity contribution < 1.29 is 5.11 Å². The fourth-order valence-electron chi connectivity index (χ4n) is 2.78. The molecule has 0 amide bonds. The Bertz CT molecular complexity index is 1260. The summed E-state index contributed by atoms with van der Waals surface area (Å²) in [7, 11) is 1.54. The van der Waals surface area contributed by atoms with Crippen LogP contribution >= 0.6 is 27.3 Å². The second kappa shape index (κ2) is 6.75. The van der Waals surface area contributed by atoms with Crippen LogP contribution in [-0.2, 0) is 13.5 Å². The number of nitrogen functional groups attached to an aromatic ring is 1. The van der Waals surface area contributed by atoms with Gasteiger partial charge < -0.3 is 10.8 Å². The summed E-state index contributed by atoms with van der Waals surface area (Å²) in [5.41, 5.74) is 8.50. The van der Waals surface area contributed by atoms with Crippen molar-refractivity contribution in [3.05, 3.63) is 71.4 Å². The van der Waals surface area contributed by atoms with E-state index in [4.69, 9.17) is 5.73 Å². The maximum absolute atomic E-state index is 11.7. The SMILES string of the molecule is Cn1c(O)c(C=c2cc3c(cc2Br)=NC=C3Cc2cnc(N)nc2)sc1=O. The van der Waals surface area contributed by atoms with Crippen LogP contribution in [0, 0.1) is 0 Å². The van der Waals surface area contributed by atoms with E-state index in [1.54, 1.807) is 18.5 Å². The first kappa shape index (κ1) is 17.6. The standard InChI is InChI=1S/C18H14BrN5O2S/c1-24-16(25)15(27-18(24)26)4-10-3-12-11(8-21-14(12)5-13(10)19)2-9-6-22-17(20)23-7-9/h3-8,25H,2H2,1H3,(H2,20,22,23). The third-order valence-corrected chi connectivity index (χ3v) is 5.89. The third kappa shape index (κ3) is 3.31. The number of hydrogen-bond donors (Lipinski definition) is 2. The molecule has 3 aromatic rings. The van der Waals surface area contributed by atoms with E-state index < -0.39 is 0 Å². The quantitative estimate of drug-likeness (QED) is 0.634. The van der Waals surface area contributed by atoms with Crippen LogP contribution in [0.5, 0.6) is 5.88 Å². The number of nitrogens with two attached hydrogens (primary N) is 1. The van der Waals surface area contributed by atoms with E-state index in [2.05, 4.69) is 30.9 Å². The molecule has 2 aromatic heterocycles. The Hall–Kier alpha value is -2.78. The fraction of sp³-hybridized carbons (Fsp3) is 0.111. The zero-order valence-corrected chi connectivity index (χ0v) is 16.6. The molecule has 0 radical (unpaired) electrons. The highest BCUT2D eigenvalue weighted by molar-refractivity contribution is 9.10. The van der Waals surface area contributed by atoms with Gasteiger partial charge in [-0.25, -0.2) is 9.97 Å². The van der Waals surface area contributed by atoms with Gasteiger partial charge in [-0.1, -0.05) is 27.3 Å². The molecule has 0 aliphatic carbocycles. The van der Waals surface area contributed by atoms with E-state index in [1.807, 2.05) is 18.3 Å². The predicted molar refractivity (Wildman–Crippen MR) is 108 cm³/mol. The van der Waals surface area contributed by atoms with Crippen molar-refractivity contribution in [1.82, 2.24) is 14.5 Å². The summed E-state index contributed by atoms with van der Waals surface area (Å²) in [6.45, 7) is 0. The molecule has 0 saturated heterocycles. The molecule has 136 valence electrons. The Morgan fingerprint density at radius 3 is 2.74 bits per heavy atom. The van der Waals surface area contributed by atoms with E-state index in [-0.39, 0.29) is 16.7 Å². The highest BCUT2D eigenvalue weighted by Crippen LogP contribution is 2.22. The number of rotatable bonds is 3. The molecule has 1 aliphatic heterocycles. The van der Waals surface area contributed by atoms with E-state index in [0.29, 0.717) is 11.3 Å². The van der Waals surface area contributed by atoms with Gasteiger partial charge in [0.15, 0.2) is 0 Å². The molecular formula is C18H14BrN5O2S. The minimum absolute atomic E-state index is 0.0446. The Morgan fingerprint density at radius 1 is 1.33 bits per heavy atom. The van der Waals surface area contributed by atoms with Gasteiger partial charge in [0.2, 0.25) is 11.8 Å². The van der Waals surface area contributed by atoms with Crippen molar-refractivity contribution >= 4 is 44.9 Å². The van der Waals surface area contributed by atoms with Crippen LogP contribution in [0.4, 0.5) is 5.95 Å². The van der Waals surface area contributed by atoms with Gasteiger partial charge in [-0.3, -0.25) is 14.4 Å². The fourth-order valence-corrected chi connectivity index (χ4v) is 4.05. The highest BCUT2D eigenvalue weighted by atomic mass is 79.9. The van der Waals surface area contributed by atoms with E-state index >= 15 is 0 Å². The summed E-state index contributed by atoms with van der Waals surface area (Å²) >= 11 is 4.54. The van der Waals surface area contributed by atoms with Crippen molar-refractivity contribution in [3.63, 3.8) is 0 Å². The highest BCUT2D eigenvalue weighted by Gasteiger charge is 2.14. The van der Waals surface area contributed by atoms with Gasteiger partial charge >= 0.3 is 4.87 Å². The van der Waals surface area contributed by atoms with Crippen molar-refractivity contribution in [2.24, 2.45) is 12.0 Å². The van der Waals surface area contributed by atoms with E-state index in [1.165, 1.54) is 11.6 Å². The van der Waals surface area contributed by atoms with Crippen molar-refractivity contribution in [1.29, 1.82) is 0 Å². The lowest BCUT2D eigenvalue weighted by Crippen LogP contribution is -2.14. The molecular weight excluding hydrogens is 430 g/mol. The summed E-state index contributed by atoms with van der Waals surface area (Å²) in [5.74, 6) is 0.198. The lowest BCUT2D eigenvalue weighted by atomic mass is 10.0. The minimum atomic E-state index is -0.213. The smallest absolute Gasteiger partial charge is 0.310 e. The number of aromatic hydroxyl groups is 1. The Balaban J connectivity index is 1.75. The molecule has 3 N–H and O–H groups in total. The number of benzene rings is 1. The van der Waals surface area contributed by atoms with Gasteiger partial charge in [0.1, 0.15) is 0 Å². The Morgan fingerprint density at radius 2 is 2.07 bits per heavy atom. The first-order chi connectivity index (χ1) is 12.9. The van der Waals surface area contributed by atoms with Gasteiger partial charge in [0.05, 0.1) is 10.2 Å². The lowest BCUT2D eigenvalue weighted by molar-refractivity contribution is 0.428. The Kier molecular flexibility index (Phi) is 4.40. The summed E-state index contributed by atoms with van der Waals surface area (Å²) in [6.07, 6.45) is 7.64. The minimum Gasteiger partial charge on any atom is -0.493 e. The van der Waals surface area contributed by atoms with Gasteiger partial charge in [0, 0.05) is 42.1 Å². The monoisotopic (exact) mass is 443 g/mol. The van der Waals surface area contributed by atoms with Crippen LogP contribution in [0.1, 0.15) is 16.0 Å². The molecule has 0 spiro atoms. The normalized spacial score (nSPS) is 13.4. The molecule has 7 nitrogen and oxygen atoms in total. The van der Waals surface area contributed by atoms with Crippen molar-refractivity contribution in [3.8, 4) is 5.88 Å². The first-order valence-corrected chi connectivity index (χ1v) is 9.57. The van der Waals surface area contributed by atoms with Crippen LogP contribution in [0.15, 0.2) is 45.0 Å². The molecule has 0 bridgehead atoms. The molecule has 9 heteroatoms. The third-order valence-electron chi connectivity index (χ3n) is 4.24. The molecule has 3 heterocycles. The summed E-state index contributed by atoms with van der Waals surface area (Å²) in [5, 5.41) is 11.8. The predicted octanol–water partition coefficient (Wildman–Crippen LogP) is 1.33. The van der Waals surface area contributed by atoms with Crippen LogP contribution < -0.4 is 21.2 Å². The van der Waals surface area contributed by atoms with Crippen LogP contribution in [0.3, 0.4) is 0 Å². The zero-order valence-electron chi connectivity index (χ0n) is 14.2. The maximum atomic E-state index is 11.7. The topological polar surface area (TPSA) is 106 Å². The number of hydrogen-bond acceptors (Lipinski definition) is 7. The summed E-state index contributed by atoms with van der Waals surface area (Å²) in [6, 6.07) is 3.91.